The first-order valence-electron chi connectivity index (χ1n) is 6.62. The minimum absolute atomic E-state index is 0.0704. The smallest absolute Gasteiger partial charge is 0.305 e. The number of morpholine rings is 1. The van der Waals surface area contributed by atoms with Gasteiger partial charge in [0.25, 0.3) is 0 Å². The first kappa shape index (κ1) is 15.9. The lowest BCUT2D eigenvalue weighted by Gasteiger charge is -2.31. The number of rotatable bonds is 5. The van der Waals surface area contributed by atoms with Crippen LogP contribution in [0.5, 0.6) is 0 Å². The molecule has 1 amide bonds. The van der Waals surface area contributed by atoms with Crippen LogP contribution in [0.25, 0.3) is 0 Å². The van der Waals surface area contributed by atoms with Crippen LogP contribution in [0.15, 0.2) is 0 Å². The van der Waals surface area contributed by atoms with E-state index in [9.17, 15) is 9.59 Å². The van der Waals surface area contributed by atoms with Gasteiger partial charge in [-0.2, -0.15) is 0 Å². The number of aliphatic carboxylic acids is 1. The molecule has 0 aromatic heterocycles. The summed E-state index contributed by atoms with van der Waals surface area (Å²) in [4.78, 5) is 22.8. The van der Waals surface area contributed by atoms with Crippen molar-refractivity contribution in [1.82, 2.24) is 10.6 Å². The van der Waals surface area contributed by atoms with Gasteiger partial charge in [-0.05, 0) is 5.41 Å². The van der Waals surface area contributed by atoms with Crippen LogP contribution in [0, 0.1) is 5.41 Å². The van der Waals surface area contributed by atoms with Gasteiger partial charge in [0.15, 0.2) is 0 Å². The third kappa shape index (κ3) is 6.02. The summed E-state index contributed by atoms with van der Waals surface area (Å²) in [5.41, 5.74) is -0.292. The Kier molecular flexibility index (Phi) is 5.75. The van der Waals surface area contributed by atoms with Gasteiger partial charge in [-0.3, -0.25) is 9.59 Å². The number of carboxylic acid groups (broad SMARTS) is 1. The van der Waals surface area contributed by atoms with Crippen molar-refractivity contribution in [3.05, 3.63) is 0 Å². The Bertz CT molecular complexity index is 319. The highest BCUT2D eigenvalue weighted by molar-refractivity contribution is 5.78. The Labute approximate surface area is 113 Å². The standard InChI is InChI=1S/C13H24N2O4/c1-13(2,3)10(7-12(17)18)15-11(16)6-9-8-14-4-5-19-9/h9-10,14H,4-8H2,1-3H3,(H,15,16)(H,17,18). The highest BCUT2D eigenvalue weighted by atomic mass is 16.5. The molecule has 1 aliphatic heterocycles. The predicted octanol–water partition coefficient (Wildman–Crippen LogP) is 0.371. The van der Waals surface area contributed by atoms with Crippen molar-refractivity contribution < 1.29 is 19.4 Å². The molecule has 1 heterocycles. The van der Waals surface area contributed by atoms with E-state index in [4.69, 9.17) is 9.84 Å². The molecule has 1 rings (SSSR count). The topological polar surface area (TPSA) is 87.7 Å². The van der Waals surface area contributed by atoms with Crippen molar-refractivity contribution in [2.45, 2.75) is 45.8 Å². The van der Waals surface area contributed by atoms with Gasteiger partial charge in [0, 0.05) is 19.1 Å². The Morgan fingerprint density at radius 2 is 2.16 bits per heavy atom. The second-order valence-corrected chi connectivity index (χ2v) is 5.99. The average Bonchev–Trinajstić information content (AvgIpc) is 2.27. The average molecular weight is 272 g/mol. The van der Waals surface area contributed by atoms with E-state index in [0.29, 0.717) is 13.2 Å². The molecule has 1 fully saturated rings. The molecule has 6 nitrogen and oxygen atoms in total. The van der Waals surface area contributed by atoms with Gasteiger partial charge < -0.3 is 20.5 Å². The molecule has 0 aromatic carbocycles. The molecule has 6 heteroatoms. The van der Waals surface area contributed by atoms with Crippen LogP contribution in [0.4, 0.5) is 0 Å². The molecule has 0 aliphatic carbocycles. The second kappa shape index (κ2) is 6.86. The SMILES string of the molecule is CC(C)(C)C(CC(=O)O)NC(=O)CC1CNCCO1. The molecule has 0 radical (unpaired) electrons. The third-order valence-electron chi connectivity index (χ3n) is 3.18. The third-order valence-corrected chi connectivity index (χ3v) is 3.18. The fraction of sp³-hybridized carbons (Fsp3) is 0.846. The minimum atomic E-state index is -0.907. The molecule has 3 N–H and O–H groups in total. The molecule has 1 aliphatic rings. The molecule has 0 aromatic rings. The van der Waals surface area contributed by atoms with Crippen LogP contribution >= 0.6 is 0 Å². The van der Waals surface area contributed by atoms with Crippen molar-refractivity contribution in [3.8, 4) is 0 Å². The first-order chi connectivity index (χ1) is 8.79. The van der Waals surface area contributed by atoms with Crippen LogP contribution in [-0.2, 0) is 14.3 Å². The van der Waals surface area contributed by atoms with E-state index in [1.54, 1.807) is 0 Å². The lowest BCUT2D eigenvalue weighted by atomic mass is 9.84. The lowest BCUT2D eigenvalue weighted by molar-refractivity contribution is -0.138. The minimum Gasteiger partial charge on any atom is -0.481 e. The van der Waals surface area contributed by atoms with E-state index in [1.807, 2.05) is 20.8 Å². The highest BCUT2D eigenvalue weighted by Gasteiger charge is 2.29. The van der Waals surface area contributed by atoms with E-state index in [2.05, 4.69) is 10.6 Å². The maximum Gasteiger partial charge on any atom is 0.305 e. The lowest BCUT2D eigenvalue weighted by Crippen LogP contribution is -2.47. The predicted molar refractivity (Wildman–Crippen MR) is 70.9 cm³/mol. The van der Waals surface area contributed by atoms with Gasteiger partial charge in [0.1, 0.15) is 0 Å². The number of ether oxygens (including phenoxy) is 1. The van der Waals surface area contributed by atoms with Crippen LogP contribution < -0.4 is 10.6 Å². The number of carboxylic acids is 1. The summed E-state index contributed by atoms with van der Waals surface area (Å²) in [7, 11) is 0. The fourth-order valence-corrected chi connectivity index (χ4v) is 1.96. The normalized spacial score (nSPS) is 21.7. The summed E-state index contributed by atoms with van der Waals surface area (Å²) in [6, 6.07) is -0.381. The maximum atomic E-state index is 11.9. The monoisotopic (exact) mass is 272 g/mol. The van der Waals surface area contributed by atoms with Crippen LogP contribution in [0.2, 0.25) is 0 Å². The summed E-state index contributed by atoms with van der Waals surface area (Å²) < 4.78 is 5.46. The van der Waals surface area contributed by atoms with Gasteiger partial charge in [-0.1, -0.05) is 20.8 Å². The Morgan fingerprint density at radius 3 is 2.63 bits per heavy atom. The molecule has 1 saturated heterocycles. The van der Waals surface area contributed by atoms with Gasteiger partial charge in [0.05, 0.1) is 25.6 Å². The number of hydrogen-bond acceptors (Lipinski definition) is 4. The quantitative estimate of drug-likeness (QED) is 0.673. The van der Waals surface area contributed by atoms with E-state index in [1.165, 1.54) is 0 Å². The van der Waals surface area contributed by atoms with Gasteiger partial charge >= 0.3 is 5.97 Å². The number of carbonyl (C=O) groups excluding carboxylic acids is 1. The largest absolute Gasteiger partial charge is 0.481 e. The Balaban J connectivity index is 2.48. The van der Waals surface area contributed by atoms with Crippen molar-refractivity contribution in [3.63, 3.8) is 0 Å². The number of carbonyl (C=O) groups is 2. The Morgan fingerprint density at radius 1 is 1.47 bits per heavy atom. The van der Waals surface area contributed by atoms with Crippen LogP contribution in [0.3, 0.4) is 0 Å². The van der Waals surface area contributed by atoms with Gasteiger partial charge in [0.2, 0.25) is 5.91 Å². The molecule has 2 unspecified atom stereocenters. The molecular weight excluding hydrogens is 248 g/mol. The van der Waals surface area contributed by atoms with Crippen molar-refractivity contribution in [2.75, 3.05) is 19.7 Å². The van der Waals surface area contributed by atoms with E-state index >= 15 is 0 Å². The number of nitrogens with one attached hydrogen (secondary N) is 2. The van der Waals surface area contributed by atoms with Crippen LogP contribution in [0.1, 0.15) is 33.6 Å². The zero-order chi connectivity index (χ0) is 14.5. The summed E-state index contributed by atoms with van der Waals surface area (Å²) in [6.45, 7) is 7.82. The van der Waals surface area contributed by atoms with Crippen molar-refractivity contribution in [2.24, 2.45) is 5.41 Å². The van der Waals surface area contributed by atoms with E-state index < -0.39 is 5.97 Å². The second-order valence-electron chi connectivity index (χ2n) is 5.99. The molecule has 0 bridgehead atoms. The molecule has 2 atom stereocenters. The van der Waals surface area contributed by atoms with E-state index in [0.717, 1.165) is 6.54 Å². The highest BCUT2D eigenvalue weighted by Crippen LogP contribution is 2.22. The zero-order valence-electron chi connectivity index (χ0n) is 11.9. The maximum absolute atomic E-state index is 11.9. The number of hydrogen-bond donors (Lipinski definition) is 3. The van der Waals surface area contributed by atoms with Gasteiger partial charge in [-0.15, -0.1) is 0 Å². The van der Waals surface area contributed by atoms with Gasteiger partial charge in [-0.25, -0.2) is 0 Å². The van der Waals surface area contributed by atoms with Crippen molar-refractivity contribution in [1.29, 1.82) is 0 Å². The Hall–Kier alpha value is -1.14. The summed E-state index contributed by atoms with van der Waals surface area (Å²) in [5.74, 6) is -1.06. The molecule has 19 heavy (non-hydrogen) atoms. The van der Waals surface area contributed by atoms with Crippen molar-refractivity contribution >= 4 is 11.9 Å². The summed E-state index contributed by atoms with van der Waals surface area (Å²) in [6.07, 6.45) is 0.0669. The van der Waals surface area contributed by atoms with E-state index in [-0.39, 0.29) is 36.3 Å². The molecule has 0 spiro atoms. The molecular formula is C13H24N2O4. The number of amides is 1. The fourth-order valence-electron chi connectivity index (χ4n) is 1.96. The summed E-state index contributed by atoms with van der Waals surface area (Å²) >= 11 is 0. The molecule has 110 valence electrons. The summed E-state index contributed by atoms with van der Waals surface area (Å²) in [5, 5.41) is 14.9. The molecule has 0 saturated carbocycles. The van der Waals surface area contributed by atoms with Crippen LogP contribution in [-0.4, -0.2) is 48.8 Å². The zero-order valence-corrected chi connectivity index (χ0v) is 11.9. The first-order valence-corrected chi connectivity index (χ1v) is 6.62.